The molecule has 0 spiro atoms. The molecule has 0 aliphatic heterocycles. The van der Waals surface area contributed by atoms with Crippen LogP contribution in [-0.4, -0.2) is 11.7 Å². The van der Waals surface area contributed by atoms with E-state index in [2.05, 4.69) is 59.0 Å². The van der Waals surface area contributed by atoms with Gasteiger partial charge >= 0.3 is 0 Å². The molecule has 0 radical (unpaired) electrons. The van der Waals surface area contributed by atoms with Gasteiger partial charge in [0, 0.05) is 6.61 Å². The Balaban J connectivity index is 2.32. The minimum atomic E-state index is 0.220. The molecule has 0 saturated heterocycles. The number of halogens is 1. The number of hydrogen-bond donors (Lipinski definition) is 1. The van der Waals surface area contributed by atoms with E-state index in [0.717, 1.165) is 19.3 Å². The van der Waals surface area contributed by atoms with Crippen LogP contribution >= 0.6 is 22.6 Å². The van der Waals surface area contributed by atoms with Crippen molar-refractivity contribution < 1.29 is 5.11 Å². The second-order valence-electron chi connectivity index (χ2n) is 3.58. The van der Waals surface area contributed by atoms with Crippen LogP contribution in [0.1, 0.15) is 18.4 Å². The second-order valence-corrected chi connectivity index (χ2v) is 4.21. The predicted molar refractivity (Wildman–Crippen MR) is 77.7 cm³/mol. The van der Waals surface area contributed by atoms with Crippen LogP contribution in [0.25, 0.3) is 0 Å². The maximum absolute atomic E-state index is 8.82. The van der Waals surface area contributed by atoms with Gasteiger partial charge in [0.2, 0.25) is 0 Å². The van der Waals surface area contributed by atoms with Crippen LogP contribution in [0.15, 0.2) is 52.1 Å². The van der Waals surface area contributed by atoms with Crippen molar-refractivity contribution in [1.29, 1.82) is 0 Å². The molecule has 1 N–H and O–H groups in total. The highest BCUT2D eigenvalue weighted by Crippen LogP contribution is 2.08. The molecule has 0 saturated carbocycles. The summed E-state index contributed by atoms with van der Waals surface area (Å²) >= 11 is 2.21. The molecule has 0 amide bonds. The number of rotatable bonds is 6. The molecule has 16 heavy (non-hydrogen) atoms. The van der Waals surface area contributed by atoms with E-state index in [1.165, 1.54) is 11.1 Å². The predicted octanol–water partition coefficient (Wildman–Crippen LogP) is 3.88. The fourth-order valence-corrected chi connectivity index (χ4v) is 1.95. The number of allylic oxidation sites excluding steroid dienone is 2. The molecular formula is C14H17IO. The van der Waals surface area contributed by atoms with Gasteiger partial charge in [-0.15, -0.1) is 0 Å². The summed E-state index contributed by atoms with van der Waals surface area (Å²) < 4.78 is 2.02. The normalized spacial score (nSPS) is 12.2. The van der Waals surface area contributed by atoms with E-state index < -0.39 is 0 Å². The fourth-order valence-electron chi connectivity index (χ4n) is 1.43. The molecule has 1 rings (SSSR count). The summed E-state index contributed by atoms with van der Waals surface area (Å²) in [6.07, 6.45) is 7.14. The van der Waals surface area contributed by atoms with E-state index in [4.69, 9.17) is 5.11 Å². The van der Waals surface area contributed by atoms with Crippen molar-refractivity contribution in [2.45, 2.75) is 19.3 Å². The van der Waals surface area contributed by atoms with E-state index in [-0.39, 0.29) is 6.61 Å². The highest BCUT2D eigenvalue weighted by atomic mass is 127. The number of hydrogen-bond acceptors (Lipinski definition) is 1. The van der Waals surface area contributed by atoms with Crippen molar-refractivity contribution >= 4 is 22.6 Å². The molecule has 0 unspecified atom stereocenters. The lowest BCUT2D eigenvalue weighted by Gasteiger charge is -1.98. The minimum absolute atomic E-state index is 0.220. The molecule has 0 aliphatic carbocycles. The first-order valence-electron chi connectivity index (χ1n) is 5.47. The van der Waals surface area contributed by atoms with Crippen LogP contribution in [-0.2, 0) is 6.42 Å². The van der Waals surface area contributed by atoms with Gasteiger partial charge in [-0.1, -0.05) is 65.1 Å². The molecule has 1 aromatic rings. The third kappa shape index (κ3) is 5.47. The monoisotopic (exact) mass is 328 g/mol. The van der Waals surface area contributed by atoms with E-state index in [0.29, 0.717) is 0 Å². The van der Waals surface area contributed by atoms with Gasteiger partial charge in [0.25, 0.3) is 0 Å². The summed E-state index contributed by atoms with van der Waals surface area (Å²) in [6, 6.07) is 10.5. The van der Waals surface area contributed by atoms with E-state index in [1.807, 2.05) is 10.1 Å². The third-order valence-electron chi connectivity index (χ3n) is 2.32. The van der Waals surface area contributed by atoms with Crippen molar-refractivity contribution in [2.24, 2.45) is 0 Å². The molecule has 1 aromatic carbocycles. The molecule has 0 atom stereocenters. The zero-order chi connectivity index (χ0) is 11.6. The smallest absolute Gasteiger partial charge is 0.0471 e. The van der Waals surface area contributed by atoms with Crippen LogP contribution in [0, 0.1) is 0 Å². The number of aliphatic hydroxyl groups is 1. The van der Waals surface area contributed by atoms with Crippen molar-refractivity contribution in [3.63, 3.8) is 0 Å². The van der Waals surface area contributed by atoms with Crippen molar-refractivity contribution in [3.05, 3.63) is 57.7 Å². The minimum Gasteiger partial charge on any atom is -0.396 e. The standard InChI is InChI=1S/C14H17IO/c15-12-14(10-11-16)9-5-4-8-13-6-2-1-3-7-13/h1-3,5-7,9,12,16H,4,8,10-11H2/b9-5+,14-12-. The molecular weight excluding hydrogens is 311 g/mol. The summed E-state index contributed by atoms with van der Waals surface area (Å²) in [7, 11) is 0. The van der Waals surface area contributed by atoms with Gasteiger partial charge in [-0.3, -0.25) is 0 Å². The highest BCUT2D eigenvalue weighted by Gasteiger charge is 1.91. The number of benzene rings is 1. The van der Waals surface area contributed by atoms with Crippen LogP contribution in [0.4, 0.5) is 0 Å². The molecule has 0 fully saturated rings. The molecule has 2 heteroatoms. The molecule has 86 valence electrons. The molecule has 0 aliphatic rings. The largest absolute Gasteiger partial charge is 0.396 e. The third-order valence-corrected chi connectivity index (χ3v) is 3.12. The first-order valence-corrected chi connectivity index (χ1v) is 6.72. The van der Waals surface area contributed by atoms with Gasteiger partial charge in [0.15, 0.2) is 0 Å². The topological polar surface area (TPSA) is 20.2 Å². The number of aryl methyl sites for hydroxylation is 1. The van der Waals surface area contributed by atoms with Crippen molar-refractivity contribution in [3.8, 4) is 0 Å². The summed E-state index contributed by atoms with van der Waals surface area (Å²) in [5.41, 5.74) is 2.56. The van der Waals surface area contributed by atoms with Gasteiger partial charge in [-0.2, -0.15) is 0 Å². The Morgan fingerprint density at radius 1 is 1.25 bits per heavy atom. The highest BCUT2D eigenvalue weighted by molar-refractivity contribution is 14.1. The molecule has 0 heterocycles. The molecule has 1 nitrogen and oxygen atoms in total. The van der Waals surface area contributed by atoms with Crippen LogP contribution < -0.4 is 0 Å². The summed E-state index contributed by atoms with van der Waals surface area (Å²) in [6.45, 7) is 0.220. The summed E-state index contributed by atoms with van der Waals surface area (Å²) in [5.74, 6) is 0. The lowest BCUT2D eigenvalue weighted by molar-refractivity contribution is 0.300. The second kappa shape index (κ2) is 8.53. The Morgan fingerprint density at radius 3 is 2.62 bits per heavy atom. The van der Waals surface area contributed by atoms with Gasteiger partial charge in [-0.05, 0) is 34.5 Å². The van der Waals surface area contributed by atoms with E-state index in [1.54, 1.807) is 0 Å². The average Bonchev–Trinajstić information content (AvgIpc) is 2.34. The Bertz CT molecular complexity index is 341. The zero-order valence-corrected chi connectivity index (χ0v) is 11.4. The quantitative estimate of drug-likeness (QED) is 0.621. The van der Waals surface area contributed by atoms with E-state index >= 15 is 0 Å². The van der Waals surface area contributed by atoms with Crippen LogP contribution in [0.5, 0.6) is 0 Å². The fraction of sp³-hybridized carbons (Fsp3) is 0.286. The van der Waals surface area contributed by atoms with Crippen LogP contribution in [0.2, 0.25) is 0 Å². The maximum Gasteiger partial charge on any atom is 0.0471 e. The van der Waals surface area contributed by atoms with Gasteiger partial charge in [0.1, 0.15) is 0 Å². The van der Waals surface area contributed by atoms with Gasteiger partial charge in [-0.25, -0.2) is 0 Å². The lowest BCUT2D eigenvalue weighted by atomic mass is 10.1. The summed E-state index contributed by atoms with van der Waals surface area (Å²) in [4.78, 5) is 0. The lowest BCUT2D eigenvalue weighted by Crippen LogP contribution is -1.85. The van der Waals surface area contributed by atoms with Crippen molar-refractivity contribution in [1.82, 2.24) is 0 Å². The van der Waals surface area contributed by atoms with Crippen molar-refractivity contribution in [2.75, 3.05) is 6.61 Å². The Hall–Kier alpha value is -0.610. The molecule has 0 aromatic heterocycles. The SMILES string of the molecule is OCCC(/C=C/CCc1ccccc1)=C\I. The first-order chi connectivity index (χ1) is 7.86. The first kappa shape index (κ1) is 13.5. The Morgan fingerprint density at radius 2 is 2.00 bits per heavy atom. The number of aliphatic hydroxyl groups excluding tert-OH is 1. The van der Waals surface area contributed by atoms with Gasteiger partial charge < -0.3 is 5.11 Å². The Kier molecular flexibility index (Phi) is 7.17. The molecule has 0 bridgehead atoms. The van der Waals surface area contributed by atoms with E-state index in [9.17, 15) is 0 Å². The van der Waals surface area contributed by atoms with Gasteiger partial charge in [0.05, 0.1) is 0 Å². The average molecular weight is 328 g/mol. The zero-order valence-electron chi connectivity index (χ0n) is 9.27. The van der Waals surface area contributed by atoms with Crippen LogP contribution in [0.3, 0.4) is 0 Å². The Labute approximate surface area is 111 Å². The maximum atomic E-state index is 8.82. The summed E-state index contributed by atoms with van der Waals surface area (Å²) in [5, 5.41) is 8.82.